The van der Waals surface area contributed by atoms with Crippen molar-refractivity contribution < 1.29 is 9.59 Å². The molecule has 3 rings (SSSR count). The molecule has 2 fully saturated rings. The van der Waals surface area contributed by atoms with Crippen LogP contribution in [0.25, 0.3) is 0 Å². The Balaban J connectivity index is 1.99. The van der Waals surface area contributed by atoms with E-state index in [-0.39, 0.29) is 30.2 Å². The van der Waals surface area contributed by atoms with E-state index in [1.54, 1.807) is 4.90 Å². The van der Waals surface area contributed by atoms with E-state index in [1.807, 2.05) is 24.3 Å². The van der Waals surface area contributed by atoms with Gasteiger partial charge in [-0.25, -0.2) is 0 Å². The molecular weight excluding hydrogens is 282 g/mol. The second-order valence-corrected chi connectivity index (χ2v) is 5.55. The summed E-state index contributed by atoms with van der Waals surface area (Å²) in [5.74, 6) is 0.0162. The fraction of sp³-hybridized carbons (Fsp3) is 0.385. The fourth-order valence-electron chi connectivity index (χ4n) is 2.43. The summed E-state index contributed by atoms with van der Waals surface area (Å²) < 4.78 is 0.942. The Hall–Kier alpha value is -1.16. The average Bonchev–Trinajstić information content (AvgIpc) is 3.04. The van der Waals surface area contributed by atoms with Gasteiger partial charge in [0, 0.05) is 10.5 Å². The first-order valence-electron chi connectivity index (χ1n) is 5.76. The summed E-state index contributed by atoms with van der Waals surface area (Å²) in [7, 11) is 0. The largest absolute Gasteiger partial charge is 0.325 e. The highest BCUT2D eigenvalue weighted by Crippen LogP contribution is 2.40. The van der Waals surface area contributed by atoms with Crippen molar-refractivity contribution in [2.75, 3.05) is 0 Å². The average molecular weight is 294 g/mol. The maximum atomic E-state index is 12.0. The number of likely N-dealkylation sites (tertiary alicyclic amines) is 1. The molecule has 1 aliphatic heterocycles. The molecular formula is C13H12BrNO2. The molecule has 0 bridgehead atoms. The van der Waals surface area contributed by atoms with Crippen LogP contribution in [0.5, 0.6) is 0 Å². The third kappa shape index (κ3) is 1.90. The Morgan fingerprint density at radius 1 is 1.24 bits per heavy atom. The van der Waals surface area contributed by atoms with Gasteiger partial charge in [0.1, 0.15) is 6.04 Å². The van der Waals surface area contributed by atoms with Crippen molar-refractivity contribution in [1.29, 1.82) is 0 Å². The molecule has 2 aliphatic rings. The molecule has 3 nitrogen and oxygen atoms in total. The van der Waals surface area contributed by atoms with Crippen LogP contribution in [0.15, 0.2) is 28.7 Å². The fourth-order valence-corrected chi connectivity index (χ4v) is 2.84. The zero-order valence-electron chi connectivity index (χ0n) is 9.23. The SMILES string of the molecule is O=C1CC(=O)N(C2CC2)C1c1cccc(Br)c1. The summed E-state index contributed by atoms with van der Waals surface area (Å²) in [5.41, 5.74) is 0.919. The highest BCUT2D eigenvalue weighted by molar-refractivity contribution is 9.10. The van der Waals surface area contributed by atoms with E-state index in [4.69, 9.17) is 0 Å². The predicted molar refractivity (Wildman–Crippen MR) is 66.4 cm³/mol. The minimum atomic E-state index is -0.354. The van der Waals surface area contributed by atoms with Gasteiger partial charge in [-0.15, -0.1) is 0 Å². The van der Waals surface area contributed by atoms with Gasteiger partial charge >= 0.3 is 0 Å². The molecule has 0 aromatic heterocycles. The van der Waals surface area contributed by atoms with Crippen molar-refractivity contribution in [2.24, 2.45) is 0 Å². The lowest BCUT2D eigenvalue weighted by Gasteiger charge is -2.23. The molecule has 0 N–H and O–H groups in total. The topological polar surface area (TPSA) is 37.4 Å². The number of amides is 1. The number of hydrogen-bond acceptors (Lipinski definition) is 2. The van der Waals surface area contributed by atoms with Crippen molar-refractivity contribution in [3.8, 4) is 0 Å². The number of carbonyl (C=O) groups is 2. The second-order valence-electron chi connectivity index (χ2n) is 4.63. The number of nitrogens with zero attached hydrogens (tertiary/aromatic N) is 1. The van der Waals surface area contributed by atoms with Gasteiger partial charge in [0.15, 0.2) is 5.78 Å². The smallest absolute Gasteiger partial charge is 0.231 e. The summed E-state index contributed by atoms with van der Waals surface area (Å²) in [4.78, 5) is 25.6. The van der Waals surface area contributed by atoms with E-state index in [9.17, 15) is 9.59 Å². The van der Waals surface area contributed by atoms with Crippen molar-refractivity contribution in [2.45, 2.75) is 31.3 Å². The van der Waals surface area contributed by atoms with Gasteiger partial charge in [0.25, 0.3) is 0 Å². The summed E-state index contributed by atoms with van der Waals surface area (Å²) in [6.45, 7) is 0. The molecule has 1 saturated heterocycles. The van der Waals surface area contributed by atoms with Crippen LogP contribution >= 0.6 is 15.9 Å². The third-order valence-electron chi connectivity index (χ3n) is 3.30. The van der Waals surface area contributed by atoms with Crippen LogP contribution in [0.2, 0.25) is 0 Å². The van der Waals surface area contributed by atoms with Crippen LogP contribution in [-0.4, -0.2) is 22.6 Å². The lowest BCUT2D eigenvalue weighted by atomic mass is 10.0. The number of halogens is 1. The van der Waals surface area contributed by atoms with Crippen LogP contribution in [0, 0.1) is 0 Å². The highest BCUT2D eigenvalue weighted by Gasteiger charge is 2.46. The minimum absolute atomic E-state index is 0.0116. The molecule has 1 aromatic rings. The van der Waals surface area contributed by atoms with Gasteiger partial charge in [0.05, 0.1) is 6.42 Å². The molecule has 1 aliphatic carbocycles. The zero-order chi connectivity index (χ0) is 12.0. The number of hydrogen-bond donors (Lipinski definition) is 0. The summed E-state index contributed by atoms with van der Waals surface area (Å²) in [6, 6.07) is 7.61. The maximum Gasteiger partial charge on any atom is 0.231 e. The van der Waals surface area contributed by atoms with Crippen molar-refractivity contribution in [1.82, 2.24) is 4.90 Å². The van der Waals surface area contributed by atoms with E-state index in [2.05, 4.69) is 15.9 Å². The number of benzene rings is 1. The van der Waals surface area contributed by atoms with Crippen molar-refractivity contribution in [3.05, 3.63) is 34.3 Å². The quantitative estimate of drug-likeness (QED) is 0.786. The van der Waals surface area contributed by atoms with Crippen LogP contribution in [0.4, 0.5) is 0 Å². The van der Waals surface area contributed by atoms with E-state index in [1.165, 1.54) is 0 Å². The van der Waals surface area contributed by atoms with Gasteiger partial charge in [-0.2, -0.15) is 0 Å². The van der Waals surface area contributed by atoms with E-state index >= 15 is 0 Å². The van der Waals surface area contributed by atoms with Crippen LogP contribution < -0.4 is 0 Å². The minimum Gasteiger partial charge on any atom is -0.325 e. The Morgan fingerprint density at radius 2 is 2.00 bits per heavy atom. The molecule has 0 radical (unpaired) electrons. The maximum absolute atomic E-state index is 12.0. The first-order valence-corrected chi connectivity index (χ1v) is 6.55. The number of rotatable bonds is 2. The first-order chi connectivity index (χ1) is 8.16. The molecule has 4 heteroatoms. The van der Waals surface area contributed by atoms with Crippen LogP contribution in [0.3, 0.4) is 0 Å². The standard InChI is InChI=1S/C13H12BrNO2/c14-9-3-1-2-8(6-9)13-11(16)7-12(17)15(13)10-4-5-10/h1-3,6,10,13H,4-5,7H2. The molecule has 1 aromatic carbocycles. The Bertz CT molecular complexity index is 496. The Morgan fingerprint density at radius 3 is 2.65 bits per heavy atom. The molecule has 1 atom stereocenters. The number of ketones is 1. The van der Waals surface area contributed by atoms with E-state index in [0.717, 1.165) is 22.9 Å². The van der Waals surface area contributed by atoms with Crippen LogP contribution in [0.1, 0.15) is 30.9 Å². The van der Waals surface area contributed by atoms with Gasteiger partial charge in [-0.05, 0) is 30.5 Å². The molecule has 1 saturated carbocycles. The Labute approximate surface area is 108 Å². The molecule has 1 heterocycles. The Kier molecular flexibility index (Phi) is 2.54. The summed E-state index contributed by atoms with van der Waals surface area (Å²) >= 11 is 3.40. The molecule has 0 spiro atoms. The normalized spacial score (nSPS) is 24.5. The first kappa shape index (κ1) is 11.0. The monoisotopic (exact) mass is 293 g/mol. The molecule has 88 valence electrons. The van der Waals surface area contributed by atoms with Crippen LogP contribution in [-0.2, 0) is 9.59 Å². The molecule has 1 unspecified atom stereocenters. The zero-order valence-corrected chi connectivity index (χ0v) is 10.8. The summed E-state index contributed by atoms with van der Waals surface area (Å²) in [6.07, 6.45) is 2.13. The number of Topliss-reactive ketones (excluding diaryl/α,β-unsaturated/α-hetero) is 1. The number of carbonyl (C=O) groups excluding carboxylic acids is 2. The molecule has 1 amide bonds. The van der Waals surface area contributed by atoms with Gasteiger partial charge in [-0.1, -0.05) is 28.1 Å². The van der Waals surface area contributed by atoms with E-state index in [0.29, 0.717) is 0 Å². The van der Waals surface area contributed by atoms with Crippen molar-refractivity contribution >= 4 is 27.6 Å². The molecule has 17 heavy (non-hydrogen) atoms. The van der Waals surface area contributed by atoms with Gasteiger partial charge in [-0.3, -0.25) is 9.59 Å². The van der Waals surface area contributed by atoms with Crippen molar-refractivity contribution in [3.63, 3.8) is 0 Å². The third-order valence-corrected chi connectivity index (χ3v) is 3.79. The van der Waals surface area contributed by atoms with Gasteiger partial charge < -0.3 is 4.90 Å². The summed E-state index contributed by atoms with van der Waals surface area (Å²) in [5, 5.41) is 0. The predicted octanol–water partition coefficient (Wildman–Crippen LogP) is 2.45. The second kappa shape index (κ2) is 3.95. The van der Waals surface area contributed by atoms with Gasteiger partial charge in [0.2, 0.25) is 5.91 Å². The van der Waals surface area contributed by atoms with E-state index < -0.39 is 0 Å². The lowest BCUT2D eigenvalue weighted by Crippen LogP contribution is -2.31. The highest BCUT2D eigenvalue weighted by atomic mass is 79.9. The lowest BCUT2D eigenvalue weighted by molar-refractivity contribution is -0.129.